The number of aromatic nitrogens is 1. The molecule has 0 bridgehead atoms. The number of nitrogens with zero attached hydrogens (tertiary/aromatic N) is 2. The number of rotatable bonds is 6. The summed E-state index contributed by atoms with van der Waals surface area (Å²) in [6.07, 6.45) is 2.70. The molecule has 0 fully saturated rings. The van der Waals surface area contributed by atoms with E-state index >= 15 is 0 Å². The van der Waals surface area contributed by atoms with Gasteiger partial charge in [-0.15, -0.1) is 0 Å². The molecule has 0 radical (unpaired) electrons. The molecule has 0 saturated heterocycles. The zero-order valence-electron chi connectivity index (χ0n) is 15.2. The predicted octanol–water partition coefficient (Wildman–Crippen LogP) is 3.56. The monoisotopic (exact) mass is 348 g/mol. The van der Waals surface area contributed by atoms with Gasteiger partial charge in [0.05, 0.1) is 12.7 Å². The van der Waals surface area contributed by atoms with E-state index in [1.165, 1.54) is 11.1 Å². The van der Waals surface area contributed by atoms with Gasteiger partial charge >= 0.3 is 0 Å². The SMILES string of the molecule is CN=C(NCCc1ccccc1)NCc1ncc(-c2ccc(C)cc2)o1. The maximum absolute atomic E-state index is 5.82. The minimum absolute atomic E-state index is 0.483. The molecule has 1 heterocycles. The molecule has 3 aromatic rings. The lowest BCUT2D eigenvalue weighted by Crippen LogP contribution is -2.37. The lowest BCUT2D eigenvalue weighted by atomic mass is 10.1. The van der Waals surface area contributed by atoms with Gasteiger partial charge in [0.2, 0.25) is 5.89 Å². The van der Waals surface area contributed by atoms with Gasteiger partial charge in [0.15, 0.2) is 11.7 Å². The Morgan fingerprint density at radius 3 is 2.54 bits per heavy atom. The summed E-state index contributed by atoms with van der Waals surface area (Å²) in [4.78, 5) is 8.57. The highest BCUT2D eigenvalue weighted by Gasteiger charge is 2.07. The van der Waals surface area contributed by atoms with E-state index in [2.05, 4.69) is 63.9 Å². The summed E-state index contributed by atoms with van der Waals surface area (Å²) in [6, 6.07) is 18.6. The molecule has 5 heteroatoms. The van der Waals surface area contributed by atoms with Crippen molar-refractivity contribution >= 4 is 5.96 Å². The van der Waals surface area contributed by atoms with E-state index in [-0.39, 0.29) is 0 Å². The van der Waals surface area contributed by atoms with Gasteiger partial charge in [0.1, 0.15) is 0 Å². The van der Waals surface area contributed by atoms with Crippen LogP contribution in [0.1, 0.15) is 17.0 Å². The van der Waals surface area contributed by atoms with Gasteiger partial charge in [-0.3, -0.25) is 4.99 Å². The van der Waals surface area contributed by atoms with Crippen molar-refractivity contribution in [3.05, 3.63) is 77.8 Å². The van der Waals surface area contributed by atoms with Crippen molar-refractivity contribution in [3.63, 3.8) is 0 Å². The molecule has 0 unspecified atom stereocenters. The maximum Gasteiger partial charge on any atom is 0.214 e. The van der Waals surface area contributed by atoms with Crippen molar-refractivity contribution < 1.29 is 4.42 Å². The molecule has 2 N–H and O–H groups in total. The Balaban J connectivity index is 1.49. The normalized spacial score (nSPS) is 11.4. The Morgan fingerprint density at radius 2 is 1.81 bits per heavy atom. The van der Waals surface area contributed by atoms with Gasteiger partial charge in [-0.2, -0.15) is 0 Å². The van der Waals surface area contributed by atoms with Gasteiger partial charge in [-0.1, -0.05) is 60.2 Å². The lowest BCUT2D eigenvalue weighted by Gasteiger charge is -2.10. The summed E-state index contributed by atoms with van der Waals surface area (Å²) in [7, 11) is 1.76. The van der Waals surface area contributed by atoms with Crippen molar-refractivity contribution in [2.24, 2.45) is 4.99 Å². The van der Waals surface area contributed by atoms with Crippen LogP contribution in [0.15, 0.2) is 70.2 Å². The Morgan fingerprint density at radius 1 is 1.04 bits per heavy atom. The van der Waals surface area contributed by atoms with E-state index < -0.39 is 0 Å². The van der Waals surface area contributed by atoms with E-state index in [4.69, 9.17) is 4.42 Å². The first-order chi connectivity index (χ1) is 12.7. The van der Waals surface area contributed by atoms with E-state index in [9.17, 15) is 0 Å². The molecule has 0 atom stereocenters. The van der Waals surface area contributed by atoms with Crippen molar-refractivity contribution in [1.29, 1.82) is 0 Å². The molecular weight excluding hydrogens is 324 g/mol. The molecule has 0 amide bonds. The number of benzene rings is 2. The Labute approximate surface area is 154 Å². The van der Waals surface area contributed by atoms with Gasteiger partial charge in [0.25, 0.3) is 0 Å². The highest BCUT2D eigenvalue weighted by Crippen LogP contribution is 2.20. The zero-order chi connectivity index (χ0) is 18.2. The summed E-state index contributed by atoms with van der Waals surface area (Å²) in [5, 5.41) is 6.53. The number of nitrogens with one attached hydrogen (secondary N) is 2. The second-order valence-corrected chi connectivity index (χ2v) is 6.07. The van der Waals surface area contributed by atoms with Crippen molar-refractivity contribution in [2.45, 2.75) is 19.9 Å². The number of oxazole rings is 1. The second-order valence-electron chi connectivity index (χ2n) is 6.07. The van der Waals surface area contributed by atoms with Crippen LogP contribution >= 0.6 is 0 Å². The van der Waals surface area contributed by atoms with E-state index in [1.807, 2.05) is 18.2 Å². The highest BCUT2D eigenvalue weighted by molar-refractivity contribution is 5.79. The standard InChI is InChI=1S/C21H24N4O/c1-16-8-10-18(11-9-16)19-14-24-20(26-19)15-25-21(22-2)23-13-12-17-6-4-3-5-7-17/h3-11,14H,12-13,15H2,1-2H3,(H2,22,23,25). The number of hydrogen-bond donors (Lipinski definition) is 2. The smallest absolute Gasteiger partial charge is 0.214 e. The largest absolute Gasteiger partial charge is 0.439 e. The molecule has 26 heavy (non-hydrogen) atoms. The molecule has 0 aliphatic carbocycles. The summed E-state index contributed by atoms with van der Waals surface area (Å²) in [6.45, 7) is 3.36. The first-order valence-electron chi connectivity index (χ1n) is 8.75. The molecular formula is C21H24N4O. The third-order valence-corrected chi connectivity index (χ3v) is 4.07. The molecule has 0 aliphatic heterocycles. The van der Waals surface area contributed by atoms with Crippen LogP contribution in [0, 0.1) is 6.92 Å². The third-order valence-electron chi connectivity index (χ3n) is 4.07. The first kappa shape index (κ1) is 17.7. The van der Waals surface area contributed by atoms with Crippen LogP contribution in [0.4, 0.5) is 0 Å². The summed E-state index contributed by atoms with van der Waals surface area (Å²) in [5.41, 5.74) is 3.55. The number of aliphatic imine (C=N–C) groups is 1. The predicted molar refractivity (Wildman–Crippen MR) is 105 cm³/mol. The van der Waals surface area contributed by atoms with Crippen LogP contribution < -0.4 is 10.6 Å². The number of guanidine groups is 1. The van der Waals surface area contributed by atoms with Crippen LogP contribution in [-0.2, 0) is 13.0 Å². The van der Waals surface area contributed by atoms with E-state index in [0.717, 1.165) is 30.2 Å². The van der Waals surface area contributed by atoms with Crippen LogP contribution in [0.2, 0.25) is 0 Å². The molecule has 5 nitrogen and oxygen atoms in total. The quantitative estimate of drug-likeness (QED) is 0.528. The van der Waals surface area contributed by atoms with E-state index in [0.29, 0.717) is 12.4 Å². The van der Waals surface area contributed by atoms with Gasteiger partial charge < -0.3 is 15.1 Å². The summed E-state index contributed by atoms with van der Waals surface area (Å²) < 4.78 is 5.82. The third kappa shape index (κ3) is 4.96. The molecule has 1 aromatic heterocycles. The van der Waals surface area contributed by atoms with E-state index in [1.54, 1.807) is 13.2 Å². The highest BCUT2D eigenvalue weighted by atomic mass is 16.4. The molecule has 2 aromatic carbocycles. The Kier molecular flexibility index (Phi) is 6.04. The molecule has 134 valence electrons. The second kappa shape index (κ2) is 8.85. The average molecular weight is 348 g/mol. The summed E-state index contributed by atoms with van der Waals surface area (Å²) >= 11 is 0. The van der Waals surface area contributed by atoms with Gasteiger partial charge in [-0.25, -0.2) is 4.98 Å². The lowest BCUT2D eigenvalue weighted by molar-refractivity contribution is 0.497. The van der Waals surface area contributed by atoms with Crippen molar-refractivity contribution in [3.8, 4) is 11.3 Å². The molecule has 0 saturated carbocycles. The van der Waals surface area contributed by atoms with Crippen LogP contribution in [0.25, 0.3) is 11.3 Å². The first-order valence-corrected chi connectivity index (χ1v) is 8.75. The topological polar surface area (TPSA) is 62.5 Å². The minimum Gasteiger partial charge on any atom is -0.439 e. The van der Waals surface area contributed by atoms with Crippen LogP contribution in [0.5, 0.6) is 0 Å². The molecule has 0 spiro atoms. The number of aryl methyl sites for hydroxylation is 1. The fraction of sp³-hybridized carbons (Fsp3) is 0.238. The maximum atomic E-state index is 5.82. The number of hydrogen-bond acceptors (Lipinski definition) is 3. The van der Waals surface area contributed by atoms with Gasteiger partial charge in [0, 0.05) is 19.2 Å². The van der Waals surface area contributed by atoms with Crippen LogP contribution in [0.3, 0.4) is 0 Å². The zero-order valence-corrected chi connectivity index (χ0v) is 15.2. The molecule has 0 aliphatic rings. The average Bonchev–Trinajstić information content (AvgIpc) is 3.15. The molecule has 3 rings (SSSR count). The summed E-state index contributed by atoms with van der Waals surface area (Å²) in [5.74, 6) is 2.14. The van der Waals surface area contributed by atoms with Crippen molar-refractivity contribution in [1.82, 2.24) is 15.6 Å². The fourth-order valence-electron chi connectivity index (χ4n) is 2.59. The fourth-order valence-corrected chi connectivity index (χ4v) is 2.59. The van der Waals surface area contributed by atoms with Gasteiger partial charge in [-0.05, 0) is 18.9 Å². The minimum atomic E-state index is 0.483. The Bertz CT molecular complexity index is 838. The Hall–Kier alpha value is -3.08. The van der Waals surface area contributed by atoms with Crippen molar-refractivity contribution in [2.75, 3.05) is 13.6 Å². The van der Waals surface area contributed by atoms with Crippen LogP contribution in [-0.4, -0.2) is 24.5 Å².